The van der Waals surface area contributed by atoms with E-state index >= 15 is 0 Å². The number of hydrogen-bond acceptors (Lipinski definition) is 4. The van der Waals surface area contributed by atoms with Gasteiger partial charge >= 0.3 is 0 Å². The van der Waals surface area contributed by atoms with E-state index in [1.807, 2.05) is 19.1 Å². The molecule has 2 aromatic rings. The molecule has 0 radical (unpaired) electrons. The van der Waals surface area contributed by atoms with Gasteiger partial charge in [0.05, 0.1) is 6.54 Å². The van der Waals surface area contributed by atoms with Crippen molar-refractivity contribution < 1.29 is 14.4 Å². The summed E-state index contributed by atoms with van der Waals surface area (Å²) in [5.41, 5.74) is 2.78. The van der Waals surface area contributed by atoms with E-state index in [4.69, 9.17) is 0 Å². The van der Waals surface area contributed by atoms with Crippen LogP contribution in [0.2, 0.25) is 0 Å². The van der Waals surface area contributed by atoms with Crippen molar-refractivity contribution in [3.63, 3.8) is 0 Å². The van der Waals surface area contributed by atoms with Crippen LogP contribution in [0.25, 0.3) is 0 Å². The van der Waals surface area contributed by atoms with Gasteiger partial charge in [0, 0.05) is 35.6 Å². The number of anilines is 4. The zero-order valence-electron chi connectivity index (χ0n) is 18.3. The van der Waals surface area contributed by atoms with Crippen LogP contribution < -0.4 is 21.3 Å². The van der Waals surface area contributed by atoms with Crippen LogP contribution in [0, 0.1) is 0 Å². The first-order valence-corrected chi connectivity index (χ1v) is 10.8. The Labute approximate surface area is 184 Å². The van der Waals surface area contributed by atoms with Crippen LogP contribution in [0.15, 0.2) is 48.5 Å². The summed E-state index contributed by atoms with van der Waals surface area (Å²) in [6.45, 7) is 4.15. The van der Waals surface area contributed by atoms with Crippen LogP contribution in [-0.2, 0) is 14.4 Å². The van der Waals surface area contributed by atoms with E-state index in [9.17, 15) is 14.4 Å². The normalized spacial score (nSPS) is 10.3. The SMILES string of the molecule is CCCCCC(=O)Nc1cccc(NC(=O)CNc2ccc(NC(=O)CCC)cc2)c1. The Morgan fingerprint density at radius 1 is 0.645 bits per heavy atom. The van der Waals surface area contributed by atoms with Crippen LogP contribution in [0.3, 0.4) is 0 Å². The van der Waals surface area contributed by atoms with Crippen LogP contribution in [0.4, 0.5) is 22.7 Å². The van der Waals surface area contributed by atoms with Gasteiger partial charge < -0.3 is 21.3 Å². The van der Waals surface area contributed by atoms with E-state index in [0.717, 1.165) is 37.1 Å². The van der Waals surface area contributed by atoms with Gasteiger partial charge in [0.25, 0.3) is 0 Å². The number of amides is 3. The molecule has 2 aromatic carbocycles. The lowest BCUT2D eigenvalue weighted by atomic mass is 10.2. The summed E-state index contributed by atoms with van der Waals surface area (Å²) < 4.78 is 0. The van der Waals surface area contributed by atoms with Crippen LogP contribution >= 0.6 is 0 Å². The fourth-order valence-corrected chi connectivity index (χ4v) is 2.94. The molecule has 2 rings (SSSR count). The molecule has 0 unspecified atom stereocenters. The smallest absolute Gasteiger partial charge is 0.243 e. The van der Waals surface area contributed by atoms with Crippen molar-refractivity contribution in [1.29, 1.82) is 0 Å². The highest BCUT2D eigenvalue weighted by molar-refractivity contribution is 5.96. The molecule has 0 aliphatic carbocycles. The Hall–Kier alpha value is -3.35. The van der Waals surface area contributed by atoms with Crippen molar-refractivity contribution in [3.8, 4) is 0 Å². The lowest BCUT2D eigenvalue weighted by molar-refractivity contribution is -0.117. The molecule has 0 aromatic heterocycles. The number of carbonyl (C=O) groups is 3. The molecule has 0 spiro atoms. The van der Waals surface area contributed by atoms with E-state index in [2.05, 4.69) is 28.2 Å². The molecule has 7 nitrogen and oxygen atoms in total. The molecule has 0 aliphatic heterocycles. The van der Waals surface area contributed by atoms with Gasteiger partial charge in [-0.15, -0.1) is 0 Å². The van der Waals surface area contributed by atoms with Gasteiger partial charge in [-0.1, -0.05) is 32.8 Å². The summed E-state index contributed by atoms with van der Waals surface area (Å²) in [5, 5.41) is 11.6. The highest BCUT2D eigenvalue weighted by Crippen LogP contribution is 2.17. The Balaban J connectivity index is 1.79. The number of unbranched alkanes of at least 4 members (excludes halogenated alkanes) is 2. The topological polar surface area (TPSA) is 99.3 Å². The van der Waals surface area contributed by atoms with Crippen molar-refractivity contribution in [2.24, 2.45) is 0 Å². The van der Waals surface area contributed by atoms with Gasteiger partial charge in [-0.25, -0.2) is 0 Å². The van der Waals surface area contributed by atoms with Gasteiger partial charge in [0.15, 0.2) is 0 Å². The predicted octanol–water partition coefficient (Wildman–Crippen LogP) is 4.99. The monoisotopic (exact) mass is 424 g/mol. The van der Waals surface area contributed by atoms with Crippen molar-refractivity contribution >= 4 is 40.5 Å². The van der Waals surface area contributed by atoms with E-state index in [1.54, 1.807) is 36.4 Å². The third kappa shape index (κ3) is 9.33. The van der Waals surface area contributed by atoms with Crippen molar-refractivity contribution in [2.75, 3.05) is 27.8 Å². The molecule has 0 saturated carbocycles. The second kappa shape index (κ2) is 13.1. The molecular weight excluding hydrogens is 392 g/mol. The standard InChI is InChI=1S/C24H32N4O3/c1-3-5-6-11-23(30)27-20-9-7-10-21(16-20)28-24(31)17-25-18-12-14-19(15-13-18)26-22(29)8-4-2/h7,9-10,12-16,25H,3-6,8,11,17H2,1-2H3,(H,26,29)(H,27,30)(H,28,31). The van der Waals surface area contributed by atoms with Crippen LogP contribution in [-0.4, -0.2) is 24.3 Å². The van der Waals surface area contributed by atoms with Crippen molar-refractivity contribution in [1.82, 2.24) is 0 Å². The third-order valence-electron chi connectivity index (χ3n) is 4.54. The third-order valence-corrected chi connectivity index (χ3v) is 4.54. The summed E-state index contributed by atoms with van der Waals surface area (Å²) >= 11 is 0. The van der Waals surface area contributed by atoms with Gasteiger partial charge in [-0.3, -0.25) is 14.4 Å². The van der Waals surface area contributed by atoms with Gasteiger partial charge in [-0.05, 0) is 55.3 Å². The fraction of sp³-hybridized carbons (Fsp3) is 0.375. The quantitative estimate of drug-likeness (QED) is 0.361. The molecule has 4 N–H and O–H groups in total. The molecule has 0 atom stereocenters. The predicted molar refractivity (Wildman–Crippen MR) is 126 cm³/mol. The van der Waals surface area contributed by atoms with E-state index in [1.165, 1.54) is 0 Å². The second-order valence-electron chi connectivity index (χ2n) is 7.36. The number of nitrogens with one attached hydrogen (secondary N) is 4. The summed E-state index contributed by atoms with van der Waals surface area (Å²) in [6.07, 6.45) is 4.76. The lowest BCUT2D eigenvalue weighted by Gasteiger charge is -2.11. The summed E-state index contributed by atoms with van der Waals surface area (Å²) in [6, 6.07) is 14.3. The Kier molecular flexibility index (Phi) is 10.1. The summed E-state index contributed by atoms with van der Waals surface area (Å²) in [4.78, 5) is 35.8. The maximum absolute atomic E-state index is 12.3. The number of carbonyl (C=O) groups excluding carboxylic acids is 3. The largest absolute Gasteiger partial charge is 0.376 e. The Bertz CT molecular complexity index is 865. The van der Waals surface area contributed by atoms with E-state index in [-0.39, 0.29) is 24.3 Å². The zero-order chi connectivity index (χ0) is 22.5. The first-order chi connectivity index (χ1) is 15.0. The molecule has 3 amide bonds. The number of rotatable bonds is 12. The molecule has 0 aliphatic rings. The molecule has 0 heterocycles. The van der Waals surface area contributed by atoms with Crippen LogP contribution in [0.5, 0.6) is 0 Å². The maximum atomic E-state index is 12.3. The minimum Gasteiger partial charge on any atom is -0.376 e. The average Bonchev–Trinajstić information content (AvgIpc) is 2.74. The minimum absolute atomic E-state index is 0.0121. The molecule has 0 bridgehead atoms. The minimum atomic E-state index is -0.202. The van der Waals surface area contributed by atoms with Gasteiger partial charge in [-0.2, -0.15) is 0 Å². The van der Waals surface area contributed by atoms with Crippen molar-refractivity contribution in [2.45, 2.75) is 52.4 Å². The molecule has 166 valence electrons. The van der Waals surface area contributed by atoms with Gasteiger partial charge in [0.1, 0.15) is 0 Å². The molecule has 0 saturated heterocycles. The maximum Gasteiger partial charge on any atom is 0.243 e. The second-order valence-corrected chi connectivity index (χ2v) is 7.36. The zero-order valence-corrected chi connectivity index (χ0v) is 18.3. The summed E-state index contributed by atoms with van der Waals surface area (Å²) in [5.74, 6) is -0.235. The first-order valence-electron chi connectivity index (χ1n) is 10.8. The van der Waals surface area contributed by atoms with Crippen molar-refractivity contribution in [3.05, 3.63) is 48.5 Å². The first kappa shape index (κ1) is 23.9. The molecule has 0 fully saturated rings. The number of benzene rings is 2. The highest BCUT2D eigenvalue weighted by atomic mass is 16.2. The molecule has 31 heavy (non-hydrogen) atoms. The Morgan fingerprint density at radius 3 is 1.87 bits per heavy atom. The molecule has 7 heteroatoms. The van der Waals surface area contributed by atoms with Crippen LogP contribution in [0.1, 0.15) is 52.4 Å². The van der Waals surface area contributed by atoms with Gasteiger partial charge in [0.2, 0.25) is 17.7 Å². The highest BCUT2D eigenvalue weighted by Gasteiger charge is 2.06. The molecular formula is C24H32N4O3. The number of hydrogen-bond donors (Lipinski definition) is 4. The average molecular weight is 425 g/mol. The summed E-state index contributed by atoms with van der Waals surface area (Å²) in [7, 11) is 0. The fourth-order valence-electron chi connectivity index (χ4n) is 2.94. The van der Waals surface area contributed by atoms with E-state index < -0.39 is 0 Å². The Morgan fingerprint density at radius 2 is 1.23 bits per heavy atom. The lowest BCUT2D eigenvalue weighted by Crippen LogP contribution is -2.22. The van der Waals surface area contributed by atoms with E-state index in [0.29, 0.717) is 24.2 Å².